The van der Waals surface area contributed by atoms with Crippen molar-refractivity contribution in [1.29, 1.82) is 0 Å². The standard InChI is InChI=1S/C23H14ClN3O4S/c24-18-12-13-25-22-17(18)5-3-7-21(22)27(32(30)31)20-6-2-1-4-16(20)10-8-15-9-11-19(23(28)29)26-14-15/h1-7,9,11-14H,(H,28,29)(H,30,31). The van der Waals surface area contributed by atoms with E-state index in [2.05, 4.69) is 21.8 Å². The van der Waals surface area contributed by atoms with E-state index in [1.165, 1.54) is 22.8 Å². The van der Waals surface area contributed by atoms with Crippen LogP contribution in [0.5, 0.6) is 0 Å². The molecule has 0 aliphatic rings. The molecule has 0 radical (unpaired) electrons. The molecule has 0 fully saturated rings. The minimum Gasteiger partial charge on any atom is -0.477 e. The van der Waals surface area contributed by atoms with Crippen molar-refractivity contribution >= 4 is 51.1 Å². The van der Waals surface area contributed by atoms with Crippen LogP contribution in [0, 0.1) is 11.8 Å². The van der Waals surface area contributed by atoms with Crippen LogP contribution in [-0.2, 0) is 11.3 Å². The van der Waals surface area contributed by atoms with Crippen LogP contribution in [0.4, 0.5) is 11.4 Å². The summed E-state index contributed by atoms with van der Waals surface area (Å²) in [5, 5.41) is 10.1. The number of fused-ring (bicyclic) bond motifs is 1. The molecule has 0 saturated heterocycles. The first kappa shape index (κ1) is 21.5. The fourth-order valence-electron chi connectivity index (χ4n) is 3.08. The number of benzene rings is 2. The Kier molecular flexibility index (Phi) is 6.14. The average Bonchev–Trinajstić information content (AvgIpc) is 2.79. The lowest BCUT2D eigenvalue weighted by Crippen LogP contribution is -2.20. The van der Waals surface area contributed by atoms with Gasteiger partial charge in [0.25, 0.3) is 11.3 Å². The average molecular weight is 464 g/mol. The number of hydrogen-bond donors (Lipinski definition) is 2. The summed E-state index contributed by atoms with van der Waals surface area (Å²) in [5.74, 6) is 4.76. The predicted molar refractivity (Wildman–Crippen MR) is 123 cm³/mol. The van der Waals surface area contributed by atoms with Crippen LogP contribution in [-0.4, -0.2) is 29.8 Å². The second-order valence-corrected chi connectivity index (χ2v) is 7.73. The van der Waals surface area contributed by atoms with Gasteiger partial charge in [-0.15, -0.1) is 0 Å². The normalized spacial score (nSPS) is 11.4. The lowest BCUT2D eigenvalue weighted by atomic mass is 10.1. The van der Waals surface area contributed by atoms with Crippen molar-refractivity contribution in [2.24, 2.45) is 0 Å². The molecule has 0 bridgehead atoms. The number of aromatic carboxylic acids is 1. The van der Waals surface area contributed by atoms with Gasteiger partial charge in [-0.3, -0.25) is 9.54 Å². The Labute approximate surface area is 190 Å². The number of rotatable bonds is 4. The first-order valence-electron chi connectivity index (χ1n) is 9.20. The van der Waals surface area contributed by atoms with Crippen LogP contribution in [0.2, 0.25) is 5.02 Å². The number of carbonyl (C=O) groups is 1. The summed E-state index contributed by atoms with van der Waals surface area (Å²) in [6.45, 7) is 0. The van der Waals surface area contributed by atoms with E-state index in [0.717, 1.165) is 0 Å². The largest absolute Gasteiger partial charge is 0.477 e. The molecule has 0 spiro atoms. The fraction of sp³-hybridized carbons (Fsp3) is 0. The molecule has 2 aromatic carbocycles. The van der Waals surface area contributed by atoms with Gasteiger partial charge in [-0.05, 0) is 36.4 Å². The van der Waals surface area contributed by atoms with Crippen LogP contribution in [0.1, 0.15) is 21.6 Å². The molecule has 0 saturated carbocycles. The molecule has 4 rings (SSSR count). The summed E-state index contributed by atoms with van der Waals surface area (Å²) in [7, 11) is 0. The molecule has 0 aliphatic heterocycles. The molecule has 0 amide bonds. The Morgan fingerprint density at radius 3 is 2.47 bits per heavy atom. The number of nitrogens with zero attached hydrogens (tertiary/aromatic N) is 3. The lowest BCUT2D eigenvalue weighted by molar-refractivity contribution is 0.0690. The molecule has 2 aromatic heterocycles. The Bertz CT molecular complexity index is 1410. The van der Waals surface area contributed by atoms with Crippen molar-refractivity contribution in [3.05, 3.63) is 94.9 Å². The van der Waals surface area contributed by atoms with Gasteiger partial charge in [0.05, 0.1) is 21.9 Å². The number of halogens is 1. The van der Waals surface area contributed by atoms with Crippen molar-refractivity contribution in [1.82, 2.24) is 9.97 Å². The van der Waals surface area contributed by atoms with E-state index in [1.54, 1.807) is 54.6 Å². The molecule has 1 unspecified atom stereocenters. The maximum atomic E-state index is 12.4. The minimum atomic E-state index is -2.43. The fourth-order valence-corrected chi connectivity index (χ4v) is 3.93. The number of pyridine rings is 2. The quantitative estimate of drug-likeness (QED) is 0.337. The van der Waals surface area contributed by atoms with Crippen molar-refractivity contribution in [3.8, 4) is 11.8 Å². The smallest absolute Gasteiger partial charge is 0.354 e. The zero-order valence-corrected chi connectivity index (χ0v) is 17.8. The van der Waals surface area contributed by atoms with E-state index in [9.17, 15) is 13.6 Å². The van der Waals surface area contributed by atoms with E-state index in [-0.39, 0.29) is 5.69 Å². The molecule has 4 aromatic rings. The van der Waals surface area contributed by atoms with Crippen molar-refractivity contribution < 1.29 is 18.7 Å². The summed E-state index contributed by atoms with van der Waals surface area (Å²) in [6, 6.07) is 16.6. The van der Waals surface area contributed by atoms with Gasteiger partial charge in [-0.2, -0.15) is 0 Å². The van der Waals surface area contributed by atoms with E-state index in [0.29, 0.717) is 38.4 Å². The van der Waals surface area contributed by atoms with Crippen molar-refractivity contribution in [2.75, 3.05) is 4.31 Å². The van der Waals surface area contributed by atoms with E-state index < -0.39 is 17.2 Å². The van der Waals surface area contributed by atoms with Crippen LogP contribution >= 0.6 is 11.6 Å². The summed E-state index contributed by atoms with van der Waals surface area (Å²) < 4.78 is 23.8. The molecule has 158 valence electrons. The van der Waals surface area contributed by atoms with Gasteiger partial charge in [0.15, 0.2) is 0 Å². The number of aromatic nitrogens is 2. The zero-order chi connectivity index (χ0) is 22.7. The summed E-state index contributed by atoms with van der Waals surface area (Å²) >= 11 is 3.85. The van der Waals surface area contributed by atoms with Gasteiger partial charge >= 0.3 is 5.97 Å². The minimum absolute atomic E-state index is 0.0834. The molecule has 2 heterocycles. The highest BCUT2D eigenvalue weighted by atomic mass is 35.5. The Morgan fingerprint density at radius 1 is 0.969 bits per heavy atom. The Balaban J connectivity index is 1.81. The molecule has 2 N–H and O–H groups in total. The number of carboxylic acid groups (broad SMARTS) is 1. The van der Waals surface area contributed by atoms with Crippen LogP contribution in [0.25, 0.3) is 10.9 Å². The molecule has 9 heteroatoms. The molecular weight excluding hydrogens is 450 g/mol. The third-order valence-electron chi connectivity index (χ3n) is 4.52. The Morgan fingerprint density at radius 2 is 1.75 bits per heavy atom. The summed E-state index contributed by atoms with van der Waals surface area (Å²) in [6.07, 6.45) is 2.89. The van der Waals surface area contributed by atoms with Crippen molar-refractivity contribution in [3.63, 3.8) is 0 Å². The highest BCUT2D eigenvalue weighted by Crippen LogP contribution is 2.35. The first-order valence-corrected chi connectivity index (χ1v) is 10.6. The van der Waals surface area contributed by atoms with Gasteiger partial charge in [-0.25, -0.2) is 18.3 Å². The molecular formula is C23H14ClN3O4S. The molecule has 7 nitrogen and oxygen atoms in total. The monoisotopic (exact) mass is 463 g/mol. The first-order chi connectivity index (χ1) is 15.5. The van der Waals surface area contributed by atoms with Gasteiger partial charge in [0, 0.05) is 28.9 Å². The predicted octanol–water partition coefficient (Wildman–Crippen LogP) is 4.66. The summed E-state index contributed by atoms with van der Waals surface area (Å²) in [4.78, 5) is 19.2. The topological polar surface area (TPSA) is 104 Å². The second-order valence-electron chi connectivity index (χ2n) is 6.50. The van der Waals surface area contributed by atoms with E-state index in [1.807, 2.05) is 0 Å². The number of carboxylic acids is 1. The Hall–Kier alpha value is -3.77. The third kappa shape index (κ3) is 4.31. The van der Waals surface area contributed by atoms with Crippen LogP contribution < -0.4 is 4.31 Å². The van der Waals surface area contributed by atoms with Gasteiger partial charge in [-0.1, -0.05) is 47.7 Å². The highest BCUT2D eigenvalue weighted by molar-refractivity contribution is 7.81. The van der Waals surface area contributed by atoms with Gasteiger partial charge in [0.2, 0.25) is 0 Å². The second kappa shape index (κ2) is 9.16. The molecule has 1 atom stereocenters. The number of para-hydroxylation sites is 2. The van der Waals surface area contributed by atoms with Gasteiger partial charge in [0.1, 0.15) is 5.69 Å². The van der Waals surface area contributed by atoms with Crippen molar-refractivity contribution in [2.45, 2.75) is 0 Å². The third-order valence-corrected chi connectivity index (χ3v) is 5.55. The van der Waals surface area contributed by atoms with E-state index in [4.69, 9.17) is 16.7 Å². The SMILES string of the molecule is O=C(O)c1ccc(C#Cc2ccccc2N(c2cccc3c(Cl)ccnc23)S(=O)O)cn1. The zero-order valence-electron chi connectivity index (χ0n) is 16.3. The van der Waals surface area contributed by atoms with Crippen LogP contribution in [0.15, 0.2) is 73.1 Å². The molecule has 0 aliphatic carbocycles. The molecule has 32 heavy (non-hydrogen) atoms. The maximum Gasteiger partial charge on any atom is 0.354 e. The lowest BCUT2D eigenvalue weighted by Gasteiger charge is -2.22. The summed E-state index contributed by atoms with van der Waals surface area (Å²) in [5.41, 5.74) is 2.16. The highest BCUT2D eigenvalue weighted by Gasteiger charge is 2.21. The van der Waals surface area contributed by atoms with Gasteiger partial charge < -0.3 is 5.11 Å². The maximum absolute atomic E-state index is 12.4. The number of hydrogen-bond acceptors (Lipinski definition) is 4. The van der Waals surface area contributed by atoms with Crippen LogP contribution in [0.3, 0.4) is 0 Å². The number of anilines is 2. The van der Waals surface area contributed by atoms with E-state index >= 15 is 0 Å².